The van der Waals surface area contributed by atoms with Gasteiger partial charge in [0.15, 0.2) is 0 Å². The van der Waals surface area contributed by atoms with E-state index in [1.54, 1.807) is 12.1 Å². The molecular weight excluding hydrogens is 373 g/mol. The van der Waals surface area contributed by atoms with Gasteiger partial charge in [0.05, 0.1) is 30.2 Å². The van der Waals surface area contributed by atoms with E-state index in [-0.39, 0.29) is 23.7 Å². The molecule has 3 aromatic rings. The zero-order valence-electron chi connectivity index (χ0n) is 14.0. The number of aromatic nitrogens is 2. The van der Waals surface area contributed by atoms with E-state index in [9.17, 15) is 18.4 Å². The molecule has 0 saturated carbocycles. The molecule has 8 nitrogen and oxygen atoms in total. The average molecular weight is 386 g/mol. The second kappa shape index (κ2) is 8.05. The molecule has 10 heteroatoms. The van der Waals surface area contributed by atoms with Crippen molar-refractivity contribution in [3.05, 3.63) is 53.5 Å². The maximum absolute atomic E-state index is 14.2. The Balaban J connectivity index is 2.00. The van der Waals surface area contributed by atoms with Gasteiger partial charge in [0.25, 0.3) is 0 Å². The van der Waals surface area contributed by atoms with Crippen LogP contribution in [0.2, 0.25) is 0 Å². The first-order valence-corrected chi connectivity index (χ1v) is 8.71. The quantitative estimate of drug-likeness (QED) is 0.623. The second-order valence-corrected chi connectivity index (χ2v) is 6.13. The number of anilines is 2. The van der Waals surface area contributed by atoms with E-state index in [0.717, 1.165) is 0 Å². The number of hydrogen-bond donors (Lipinski definition) is 2. The van der Waals surface area contributed by atoms with Gasteiger partial charge in [0, 0.05) is 17.8 Å². The Morgan fingerprint density at radius 3 is 2.85 bits per heavy atom. The van der Waals surface area contributed by atoms with Gasteiger partial charge in [0.2, 0.25) is 5.88 Å². The van der Waals surface area contributed by atoms with Crippen LogP contribution in [-0.4, -0.2) is 25.8 Å². The SMILES string of the molecule is COc1cnc2ccc(Nc3cc(CNS(=O)[O-])ccc3F)c(C#N)c2n1. The molecule has 138 valence electrons. The lowest BCUT2D eigenvalue weighted by molar-refractivity contribution is 0.397. The summed E-state index contributed by atoms with van der Waals surface area (Å²) in [7, 11) is 1.44. The highest BCUT2D eigenvalue weighted by molar-refractivity contribution is 7.77. The van der Waals surface area contributed by atoms with E-state index in [4.69, 9.17) is 4.74 Å². The summed E-state index contributed by atoms with van der Waals surface area (Å²) in [6.45, 7) is 0.0105. The van der Waals surface area contributed by atoms with Crippen molar-refractivity contribution in [3.63, 3.8) is 0 Å². The minimum Gasteiger partial charge on any atom is -0.760 e. The van der Waals surface area contributed by atoms with Crippen LogP contribution in [0.3, 0.4) is 0 Å². The smallest absolute Gasteiger partial charge is 0.232 e. The van der Waals surface area contributed by atoms with Crippen LogP contribution in [0.15, 0.2) is 36.5 Å². The summed E-state index contributed by atoms with van der Waals surface area (Å²) in [6.07, 6.45) is 1.44. The van der Waals surface area contributed by atoms with Gasteiger partial charge in [-0.3, -0.25) is 4.21 Å². The lowest BCUT2D eigenvalue weighted by Crippen LogP contribution is -2.15. The van der Waals surface area contributed by atoms with Crippen molar-refractivity contribution < 1.29 is 17.9 Å². The van der Waals surface area contributed by atoms with Gasteiger partial charge < -0.3 is 14.6 Å². The Hall–Kier alpha value is -3.13. The number of nitrogens with one attached hydrogen (secondary N) is 2. The summed E-state index contributed by atoms with van der Waals surface area (Å²) < 4.78 is 42.7. The van der Waals surface area contributed by atoms with Gasteiger partial charge in [-0.15, -0.1) is 0 Å². The molecule has 0 spiro atoms. The van der Waals surface area contributed by atoms with E-state index in [0.29, 0.717) is 22.3 Å². The van der Waals surface area contributed by atoms with Crippen LogP contribution < -0.4 is 14.8 Å². The molecule has 1 aromatic heterocycles. The third-order valence-electron chi connectivity index (χ3n) is 3.71. The Labute approximate surface area is 156 Å². The summed E-state index contributed by atoms with van der Waals surface area (Å²) in [5, 5.41) is 12.4. The fourth-order valence-corrected chi connectivity index (χ4v) is 2.73. The predicted molar refractivity (Wildman–Crippen MR) is 96.2 cm³/mol. The van der Waals surface area contributed by atoms with Crippen molar-refractivity contribution in [2.75, 3.05) is 12.4 Å². The van der Waals surface area contributed by atoms with Crippen molar-refractivity contribution in [1.29, 1.82) is 5.26 Å². The first kappa shape index (κ1) is 18.7. The van der Waals surface area contributed by atoms with Crippen molar-refractivity contribution >= 4 is 33.7 Å². The molecule has 2 N–H and O–H groups in total. The van der Waals surface area contributed by atoms with E-state index in [1.807, 2.05) is 6.07 Å². The van der Waals surface area contributed by atoms with Crippen LogP contribution in [0.25, 0.3) is 11.0 Å². The van der Waals surface area contributed by atoms with Crippen molar-refractivity contribution in [2.24, 2.45) is 0 Å². The van der Waals surface area contributed by atoms with E-state index in [1.165, 1.54) is 31.5 Å². The summed E-state index contributed by atoms with van der Waals surface area (Å²) in [5.41, 5.74) is 1.98. The molecule has 3 rings (SSSR count). The normalized spacial score (nSPS) is 11.8. The van der Waals surface area contributed by atoms with Crippen LogP contribution in [-0.2, 0) is 17.8 Å². The molecule has 1 atom stereocenters. The molecule has 0 aliphatic rings. The number of fused-ring (bicyclic) bond motifs is 1. The van der Waals surface area contributed by atoms with Crippen LogP contribution in [0, 0.1) is 17.1 Å². The number of nitriles is 1. The third-order valence-corrected chi connectivity index (χ3v) is 4.09. The number of ether oxygens (including phenoxy) is 1. The fourth-order valence-electron chi connectivity index (χ4n) is 2.44. The van der Waals surface area contributed by atoms with Gasteiger partial charge in [-0.2, -0.15) is 5.26 Å². The monoisotopic (exact) mass is 386 g/mol. The lowest BCUT2D eigenvalue weighted by atomic mass is 10.1. The lowest BCUT2D eigenvalue weighted by Gasteiger charge is -2.13. The summed E-state index contributed by atoms with van der Waals surface area (Å²) in [5.74, 6) is -0.302. The molecule has 1 unspecified atom stereocenters. The standard InChI is InChI=1S/C17H14FN5O3S/c1-26-16-9-20-14-5-4-13(11(7-19)17(14)23-16)22-15-6-10(2-3-12(15)18)8-21-27(24)25/h2-6,9,21-22H,8H2,1H3,(H,24,25)/p-1. The predicted octanol–water partition coefficient (Wildman–Crippen LogP) is 2.28. The molecule has 0 saturated heterocycles. The highest BCUT2D eigenvalue weighted by atomic mass is 32.2. The zero-order valence-corrected chi connectivity index (χ0v) is 14.8. The van der Waals surface area contributed by atoms with Gasteiger partial charge in [0.1, 0.15) is 23.0 Å². The Kier molecular flexibility index (Phi) is 5.56. The highest BCUT2D eigenvalue weighted by Gasteiger charge is 2.13. The van der Waals surface area contributed by atoms with Crippen molar-refractivity contribution in [2.45, 2.75) is 6.54 Å². The minimum absolute atomic E-state index is 0.0105. The Morgan fingerprint density at radius 1 is 1.33 bits per heavy atom. The number of nitrogens with zero attached hydrogens (tertiary/aromatic N) is 3. The third kappa shape index (κ3) is 4.17. The Morgan fingerprint density at radius 2 is 2.15 bits per heavy atom. The van der Waals surface area contributed by atoms with Gasteiger partial charge in [-0.1, -0.05) is 6.07 Å². The topological polar surface area (TPSA) is 123 Å². The number of rotatable bonds is 6. The maximum Gasteiger partial charge on any atom is 0.232 e. The van der Waals surface area contributed by atoms with Crippen LogP contribution in [0.4, 0.5) is 15.8 Å². The number of methoxy groups -OCH3 is 1. The first-order chi connectivity index (χ1) is 13.0. The maximum atomic E-state index is 14.2. The van der Waals surface area contributed by atoms with Crippen molar-refractivity contribution in [1.82, 2.24) is 14.7 Å². The summed E-state index contributed by atoms with van der Waals surface area (Å²) in [6, 6.07) is 9.42. The van der Waals surface area contributed by atoms with Gasteiger partial charge in [-0.25, -0.2) is 19.1 Å². The van der Waals surface area contributed by atoms with Crippen LogP contribution in [0.1, 0.15) is 11.1 Å². The molecule has 0 aliphatic carbocycles. The van der Waals surface area contributed by atoms with Gasteiger partial charge >= 0.3 is 0 Å². The van der Waals surface area contributed by atoms with E-state index >= 15 is 0 Å². The van der Waals surface area contributed by atoms with Crippen molar-refractivity contribution in [3.8, 4) is 11.9 Å². The second-order valence-electron chi connectivity index (χ2n) is 5.38. The highest BCUT2D eigenvalue weighted by Crippen LogP contribution is 2.28. The summed E-state index contributed by atoms with van der Waals surface area (Å²) >= 11 is -2.42. The number of benzene rings is 2. The first-order valence-electron chi connectivity index (χ1n) is 7.64. The number of hydrogen-bond acceptors (Lipinski definition) is 7. The molecule has 0 fully saturated rings. The molecule has 0 amide bonds. The van der Waals surface area contributed by atoms with E-state index < -0.39 is 17.1 Å². The molecular formula is C17H13FN5O3S-. The molecule has 1 heterocycles. The largest absolute Gasteiger partial charge is 0.760 e. The van der Waals surface area contributed by atoms with Gasteiger partial charge in [-0.05, 0) is 29.8 Å². The molecule has 2 aromatic carbocycles. The number of halogens is 1. The molecule has 0 bridgehead atoms. The average Bonchev–Trinajstić information content (AvgIpc) is 2.67. The molecule has 27 heavy (non-hydrogen) atoms. The fraction of sp³-hybridized carbons (Fsp3) is 0.118. The molecule has 0 radical (unpaired) electrons. The van der Waals surface area contributed by atoms with E-state index in [2.05, 4.69) is 20.0 Å². The van der Waals surface area contributed by atoms with Crippen LogP contribution >= 0.6 is 0 Å². The molecule has 0 aliphatic heterocycles. The Bertz CT molecular complexity index is 1070. The van der Waals surface area contributed by atoms with Crippen LogP contribution in [0.5, 0.6) is 5.88 Å². The zero-order chi connectivity index (χ0) is 19.4. The summed E-state index contributed by atoms with van der Waals surface area (Å²) in [4.78, 5) is 8.41. The minimum atomic E-state index is -2.42.